The van der Waals surface area contributed by atoms with Crippen molar-refractivity contribution in [2.75, 3.05) is 0 Å². The van der Waals surface area contributed by atoms with E-state index in [1.807, 2.05) is 0 Å². The van der Waals surface area contributed by atoms with Crippen LogP contribution in [0.1, 0.15) is 0 Å². The first-order valence-electron chi connectivity index (χ1n) is 1.29. The predicted octanol–water partition coefficient (Wildman–Crippen LogP) is 0.0307. The van der Waals surface area contributed by atoms with Gasteiger partial charge in [-0.1, -0.05) is 0 Å². The Morgan fingerprint density at radius 2 is 1.88 bits per heavy atom. The Hall–Kier alpha value is 0.896. The van der Waals surface area contributed by atoms with E-state index < -0.39 is 12.4 Å². The van der Waals surface area contributed by atoms with Gasteiger partial charge < -0.3 is 0 Å². The van der Waals surface area contributed by atoms with Crippen molar-refractivity contribution in [3.8, 4) is 0 Å². The number of carbonyl (C=O) groups is 1. The molecule has 0 atom stereocenters. The topological polar surface area (TPSA) is 26.3 Å². The van der Waals surface area contributed by atoms with Crippen molar-refractivity contribution in [2.24, 2.45) is 0 Å². The van der Waals surface area contributed by atoms with Crippen molar-refractivity contribution in [2.45, 2.75) is 6.43 Å². The Morgan fingerprint density at radius 3 is 1.88 bits per heavy atom. The fourth-order valence-corrected chi connectivity index (χ4v) is 0.0337. The van der Waals surface area contributed by atoms with Gasteiger partial charge in [-0.3, -0.25) is 0 Å². The first-order valence-corrected chi connectivity index (χ1v) is 1.29. The van der Waals surface area contributed by atoms with Gasteiger partial charge in [0.05, 0.1) is 0 Å². The summed E-state index contributed by atoms with van der Waals surface area (Å²) >= 11 is 0. The van der Waals surface area contributed by atoms with E-state index in [4.69, 9.17) is 4.79 Å². The van der Waals surface area contributed by atoms with Crippen LogP contribution in [0.5, 0.6) is 0 Å². The number of hydrogen-bond acceptors (Lipinski definition) is 2. The molecular weight excluding hydrogens is 152 g/mol. The summed E-state index contributed by atoms with van der Waals surface area (Å²) in [6.07, 6.45) is -3.37. The molecule has 0 N–H and O–H groups in total. The van der Waals surface area contributed by atoms with Crippen LogP contribution in [-0.2, 0) is 9.74 Å². The summed E-state index contributed by atoms with van der Waals surface area (Å²) in [7, 11) is 0. The molecule has 0 rings (SSSR count). The Kier molecular flexibility index (Phi) is 8.78. The molecule has 0 saturated carbocycles. The normalized spacial score (nSPS) is 8.00. The van der Waals surface area contributed by atoms with Crippen molar-refractivity contribution in [1.82, 2.24) is 0 Å². The van der Waals surface area contributed by atoms with E-state index in [0.717, 1.165) is 0 Å². The molecule has 6 heteroatoms. The predicted molar refractivity (Wildman–Crippen MR) is 20.4 cm³/mol. The number of hydrogen-bond donors (Lipinski definition) is 0. The first kappa shape index (κ1) is 11.7. The summed E-state index contributed by atoms with van der Waals surface area (Å²) in [5.74, 6) is -2.15. The minimum atomic E-state index is -3.37. The zero-order valence-electron chi connectivity index (χ0n) is 3.03. The number of halogens is 3. The fraction of sp³-hybridized carbons (Fsp3) is 0.500. The Bertz CT molecular complexity index is 75.7. The number of alkyl halides is 2. The Labute approximate surface area is 85.7 Å². The molecule has 0 aliphatic carbocycles. The summed E-state index contributed by atoms with van der Waals surface area (Å²) in [4.78, 5) is 11.3. The van der Waals surface area contributed by atoms with E-state index in [0.29, 0.717) is 0 Å². The third-order valence-corrected chi connectivity index (χ3v) is 0.254. The van der Waals surface area contributed by atoms with Gasteiger partial charge in [0.25, 0.3) is 0 Å². The Morgan fingerprint density at radius 1 is 1.50 bits per heavy atom. The fourth-order valence-electron chi connectivity index (χ4n) is 0.0337. The molecule has 0 amide bonds. The second-order valence-corrected chi connectivity index (χ2v) is 0.697. The molecule has 0 saturated heterocycles. The molecule has 0 fully saturated rings. The van der Waals surface area contributed by atoms with Crippen molar-refractivity contribution in [1.29, 1.82) is 0 Å². The first-order chi connectivity index (χ1) is 3.18. The monoisotopic (exact) mass is 154 g/mol. The number of carbonyl (C=O) groups excluding carboxylic acids is 1. The van der Waals surface area contributed by atoms with Gasteiger partial charge in [-0.05, 0) is 0 Å². The molecule has 44 valence electrons. The van der Waals surface area contributed by atoms with Crippen molar-refractivity contribution in [3.63, 3.8) is 0 Å². The Balaban J connectivity index is 0. The van der Waals surface area contributed by atoms with Gasteiger partial charge in [0.15, 0.2) is 0 Å². The molecule has 0 bridgehead atoms. The molecule has 2 nitrogen and oxygen atoms in total. The van der Waals surface area contributed by atoms with Gasteiger partial charge in [-0.25, -0.2) is 9.74 Å². The van der Waals surface area contributed by atoms with Gasteiger partial charge in [0.2, 0.25) is 0 Å². The second kappa shape index (κ2) is 6.02. The van der Waals surface area contributed by atoms with Crippen molar-refractivity contribution >= 4 is 57.4 Å². The average molecular weight is 154 g/mol. The van der Waals surface area contributed by atoms with Gasteiger partial charge in [0.1, 0.15) is 0 Å². The molecule has 8 heavy (non-hydrogen) atoms. The van der Waals surface area contributed by atoms with E-state index in [9.17, 15) is 13.3 Å². The van der Waals surface area contributed by atoms with Gasteiger partial charge in [-0.15, -0.1) is 0 Å². The summed E-state index contributed by atoms with van der Waals surface area (Å²) in [5.41, 5.74) is 0. The second-order valence-electron chi connectivity index (χ2n) is 0.697. The third-order valence-electron chi connectivity index (χ3n) is 0.254. The molecule has 0 aromatic carbocycles. The van der Waals surface area contributed by atoms with Crippen molar-refractivity contribution < 1.29 is 23.0 Å². The number of rotatable bonds is 1. The van der Waals surface area contributed by atoms with Crippen LogP contribution in [0.3, 0.4) is 0 Å². The molecule has 0 aromatic heterocycles. The summed E-state index contributed by atoms with van der Waals surface area (Å²) in [6, 6.07) is 0. The maximum absolute atomic E-state index is 10.7. The van der Waals surface area contributed by atoms with Crippen LogP contribution in [0.25, 0.3) is 0 Å². The van der Waals surface area contributed by atoms with E-state index in [-0.39, 0.29) is 51.4 Å². The van der Waals surface area contributed by atoms with E-state index in [1.54, 1.807) is 0 Å². The van der Waals surface area contributed by atoms with Crippen LogP contribution in [0.2, 0.25) is 0 Å². The SMILES string of the molecule is O=C(OF)C(F)F.[KH]. The quantitative estimate of drug-likeness (QED) is 0.498. The maximum atomic E-state index is 10.7. The molecule has 0 radical (unpaired) electrons. The van der Waals surface area contributed by atoms with Crippen LogP contribution in [0.15, 0.2) is 0 Å². The van der Waals surface area contributed by atoms with Crippen molar-refractivity contribution in [3.05, 3.63) is 0 Å². The van der Waals surface area contributed by atoms with E-state index >= 15 is 0 Å². The summed E-state index contributed by atoms with van der Waals surface area (Å²) in [6.45, 7) is 0. The molecule has 0 spiro atoms. The zero-order valence-corrected chi connectivity index (χ0v) is 3.03. The summed E-state index contributed by atoms with van der Waals surface area (Å²) < 4.78 is 31.7. The molecule has 0 aromatic rings. The van der Waals surface area contributed by atoms with Gasteiger partial charge in [0, 0.05) is 4.53 Å². The average Bonchev–Trinajstić information content (AvgIpc) is 1.65. The molecule has 0 unspecified atom stereocenters. The standard InChI is InChI=1S/C2HF3O2.K.H/c3-1(4)2(6)7-5;;/h1H;;. The summed E-state index contributed by atoms with van der Waals surface area (Å²) in [5, 5.41) is 0. The van der Waals surface area contributed by atoms with E-state index in [1.165, 1.54) is 0 Å². The molecule has 0 aliphatic rings. The zero-order chi connectivity index (χ0) is 5.86. The van der Waals surface area contributed by atoms with Gasteiger partial charge in [-0.2, -0.15) is 8.78 Å². The van der Waals surface area contributed by atoms with Crippen LogP contribution in [-0.4, -0.2) is 63.8 Å². The molecule has 0 heterocycles. The van der Waals surface area contributed by atoms with E-state index in [2.05, 4.69) is 4.94 Å². The molecule has 0 aliphatic heterocycles. The minimum absolute atomic E-state index is 0. The third kappa shape index (κ3) is 5.04. The van der Waals surface area contributed by atoms with Crippen LogP contribution >= 0.6 is 0 Å². The van der Waals surface area contributed by atoms with Crippen LogP contribution in [0.4, 0.5) is 13.3 Å². The van der Waals surface area contributed by atoms with Crippen LogP contribution in [0, 0.1) is 0 Å². The van der Waals surface area contributed by atoms with Crippen LogP contribution < -0.4 is 0 Å². The van der Waals surface area contributed by atoms with Gasteiger partial charge >= 0.3 is 63.8 Å². The molecular formula is C2H2F3KO2.